The fourth-order valence-corrected chi connectivity index (χ4v) is 8.27. The Morgan fingerprint density at radius 3 is 0.797 bits per heavy atom. The van der Waals surface area contributed by atoms with Crippen LogP contribution in [0.1, 0.15) is 265 Å². The highest BCUT2D eigenvalue weighted by Crippen LogP contribution is 2.14. The molecule has 0 amide bonds. The molecular formula is C73H116O6. The molecule has 0 heterocycles. The zero-order valence-electron chi connectivity index (χ0n) is 50.8. The summed E-state index contributed by atoms with van der Waals surface area (Å²) in [7, 11) is 0. The van der Waals surface area contributed by atoms with Crippen LogP contribution in [0.3, 0.4) is 0 Å². The Labute approximate surface area is 486 Å². The smallest absolute Gasteiger partial charge is 0.306 e. The van der Waals surface area contributed by atoms with Gasteiger partial charge in [-0.3, -0.25) is 14.4 Å². The molecule has 0 bridgehead atoms. The van der Waals surface area contributed by atoms with Gasteiger partial charge in [-0.2, -0.15) is 0 Å². The molecular weight excluding hydrogens is 973 g/mol. The van der Waals surface area contributed by atoms with Crippen molar-refractivity contribution in [2.45, 2.75) is 271 Å². The van der Waals surface area contributed by atoms with Gasteiger partial charge >= 0.3 is 17.9 Å². The number of rotatable bonds is 56. The summed E-state index contributed by atoms with van der Waals surface area (Å²) < 4.78 is 16.9. The van der Waals surface area contributed by atoms with Crippen molar-refractivity contribution in [1.82, 2.24) is 0 Å². The number of hydrogen-bond acceptors (Lipinski definition) is 6. The van der Waals surface area contributed by atoms with Gasteiger partial charge in [0, 0.05) is 19.3 Å². The third-order valence-corrected chi connectivity index (χ3v) is 13.0. The second-order valence-corrected chi connectivity index (χ2v) is 20.5. The molecule has 0 aliphatic carbocycles. The van der Waals surface area contributed by atoms with Crippen LogP contribution < -0.4 is 0 Å². The van der Waals surface area contributed by atoms with Crippen molar-refractivity contribution in [2.24, 2.45) is 0 Å². The largest absolute Gasteiger partial charge is 0.462 e. The van der Waals surface area contributed by atoms with E-state index in [2.05, 4.69) is 179 Å². The van der Waals surface area contributed by atoms with Crippen molar-refractivity contribution in [3.63, 3.8) is 0 Å². The number of hydrogen-bond donors (Lipinski definition) is 0. The Kier molecular flexibility index (Phi) is 61.4. The van der Waals surface area contributed by atoms with Crippen LogP contribution in [0.15, 0.2) is 158 Å². The van der Waals surface area contributed by atoms with Crippen LogP contribution in [0.5, 0.6) is 0 Å². The van der Waals surface area contributed by atoms with Crippen LogP contribution in [0.2, 0.25) is 0 Å². The van der Waals surface area contributed by atoms with Crippen LogP contribution >= 0.6 is 0 Å². The predicted molar refractivity (Wildman–Crippen MR) is 343 cm³/mol. The number of esters is 3. The molecule has 0 aromatic heterocycles. The number of ether oxygens (including phenoxy) is 3. The lowest BCUT2D eigenvalue weighted by Gasteiger charge is -2.18. The van der Waals surface area contributed by atoms with E-state index in [1.807, 2.05) is 0 Å². The first-order chi connectivity index (χ1) is 39.0. The maximum Gasteiger partial charge on any atom is 0.306 e. The molecule has 79 heavy (non-hydrogen) atoms. The van der Waals surface area contributed by atoms with Gasteiger partial charge in [-0.15, -0.1) is 0 Å². The SMILES string of the molecule is CC/C=C\C/C=C\C/C=C\C/C=C\C/C=C\C/C=C\C/C=C\C/C=C\C/C=C\CCCCCC(=O)OCC(COC(=O)CCCCCCC/C=C\CCCCCC)OC(=O)CCCCCCCCC/C=C\C/C=C\C/C=C\CC. The third-order valence-electron chi connectivity index (χ3n) is 13.0. The molecule has 1 unspecified atom stereocenters. The Morgan fingerprint density at radius 1 is 0.266 bits per heavy atom. The van der Waals surface area contributed by atoms with E-state index < -0.39 is 6.10 Å². The second-order valence-electron chi connectivity index (χ2n) is 20.5. The van der Waals surface area contributed by atoms with Gasteiger partial charge in [-0.05, 0) is 148 Å². The second kappa shape index (κ2) is 65.5. The highest BCUT2D eigenvalue weighted by molar-refractivity contribution is 5.71. The Balaban J connectivity index is 4.41. The first-order valence-electron chi connectivity index (χ1n) is 32.0. The molecule has 0 spiro atoms. The van der Waals surface area contributed by atoms with Crippen molar-refractivity contribution >= 4 is 17.9 Å². The molecule has 0 radical (unpaired) electrons. The van der Waals surface area contributed by atoms with E-state index in [9.17, 15) is 14.4 Å². The Morgan fingerprint density at radius 2 is 0.494 bits per heavy atom. The molecule has 0 saturated heterocycles. The average molecular weight is 1090 g/mol. The summed E-state index contributed by atoms with van der Waals surface area (Å²) in [6.07, 6.45) is 95.3. The van der Waals surface area contributed by atoms with E-state index in [0.29, 0.717) is 19.3 Å². The molecule has 0 N–H and O–H groups in total. The number of carbonyl (C=O) groups excluding carboxylic acids is 3. The van der Waals surface area contributed by atoms with E-state index in [0.717, 1.165) is 161 Å². The third kappa shape index (κ3) is 63.7. The zero-order valence-corrected chi connectivity index (χ0v) is 50.8. The standard InChI is InChI=1S/C73H116O6/c1-4-7-10-13-16-19-22-25-27-29-30-31-32-33-34-35-36-37-38-39-40-41-42-44-45-48-51-54-57-60-63-66-72(75)78-69-70(68-77-71(74)65-62-59-56-53-50-47-24-21-18-15-12-9-6-3)79-73(76)67-64-61-58-55-52-49-46-43-28-26-23-20-17-14-11-8-5-2/h7-8,10-11,16-17,19-21,24-28,30-31,33-34,36-37,39-40,42,44,48,51,70H,4-6,9,12-15,18,22-23,29,32,35,38,41,43,45-47,49-50,52-69H2,1-3H3/b10-7-,11-8-,19-16-,20-17-,24-21-,27-25-,28-26-,31-30-,34-33-,37-36-,40-39-,44-42-,51-48-. The van der Waals surface area contributed by atoms with Crippen molar-refractivity contribution in [3.05, 3.63) is 158 Å². The number of carbonyl (C=O) groups is 3. The van der Waals surface area contributed by atoms with Gasteiger partial charge in [0.2, 0.25) is 0 Å². The molecule has 444 valence electrons. The van der Waals surface area contributed by atoms with Crippen molar-refractivity contribution in [2.75, 3.05) is 13.2 Å². The summed E-state index contributed by atoms with van der Waals surface area (Å²) >= 11 is 0. The van der Waals surface area contributed by atoms with Crippen LogP contribution in [-0.2, 0) is 28.6 Å². The number of allylic oxidation sites excluding steroid dienone is 26. The monoisotopic (exact) mass is 1090 g/mol. The van der Waals surface area contributed by atoms with Crippen LogP contribution in [0, 0.1) is 0 Å². The van der Waals surface area contributed by atoms with Crippen molar-refractivity contribution in [1.29, 1.82) is 0 Å². The molecule has 6 heteroatoms. The van der Waals surface area contributed by atoms with E-state index in [4.69, 9.17) is 14.2 Å². The highest BCUT2D eigenvalue weighted by atomic mass is 16.6. The van der Waals surface area contributed by atoms with Crippen LogP contribution in [-0.4, -0.2) is 37.2 Å². The molecule has 1 atom stereocenters. The summed E-state index contributed by atoms with van der Waals surface area (Å²) in [6.45, 7) is 6.35. The van der Waals surface area contributed by atoms with Crippen LogP contribution in [0.25, 0.3) is 0 Å². The highest BCUT2D eigenvalue weighted by Gasteiger charge is 2.19. The van der Waals surface area contributed by atoms with Crippen molar-refractivity contribution in [3.8, 4) is 0 Å². The molecule has 0 aromatic rings. The fourth-order valence-electron chi connectivity index (χ4n) is 8.27. The van der Waals surface area contributed by atoms with Gasteiger partial charge in [0.1, 0.15) is 13.2 Å². The Hall–Kier alpha value is -4.97. The van der Waals surface area contributed by atoms with E-state index >= 15 is 0 Å². The van der Waals surface area contributed by atoms with Gasteiger partial charge in [0.15, 0.2) is 6.10 Å². The summed E-state index contributed by atoms with van der Waals surface area (Å²) in [6, 6.07) is 0. The molecule has 0 aromatic carbocycles. The maximum atomic E-state index is 12.9. The minimum Gasteiger partial charge on any atom is -0.462 e. The first kappa shape index (κ1) is 74.0. The van der Waals surface area contributed by atoms with E-state index in [-0.39, 0.29) is 31.1 Å². The number of unbranched alkanes of at least 4 members (excludes halogenated alkanes) is 19. The molecule has 0 rings (SSSR count). The van der Waals surface area contributed by atoms with Gasteiger partial charge < -0.3 is 14.2 Å². The summed E-state index contributed by atoms with van der Waals surface area (Å²) in [5.41, 5.74) is 0. The lowest BCUT2D eigenvalue weighted by molar-refractivity contribution is -0.167. The van der Waals surface area contributed by atoms with Gasteiger partial charge in [-0.25, -0.2) is 0 Å². The van der Waals surface area contributed by atoms with Gasteiger partial charge in [0.05, 0.1) is 0 Å². The molecule has 0 aliphatic rings. The predicted octanol–water partition coefficient (Wildman–Crippen LogP) is 22.1. The minimum absolute atomic E-state index is 0.103. The minimum atomic E-state index is -0.809. The summed E-state index contributed by atoms with van der Waals surface area (Å²) in [5, 5.41) is 0. The van der Waals surface area contributed by atoms with E-state index in [1.54, 1.807) is 0 Å². The lowest BCUT2D eigenvalue weighted by Crippen LogP contribution is -2.30. The quantitative estimate of drug-likeness (QED) is 0.0261. The molecule has 6 nitrogen and oxygen atoms in total. The normalized spacial score (nSPS) is 13.2. The zero-order chi connectivity index (χ0) is 57.1. The first-order valence-corrected chi connectivity index (χ1v) is 32.0. The van der Waals surface area contributed by atoms with Crippen LogP contribution in [0.4, 0.5) is 0 Å². The molecule has 0 fully saturated rings. The van der Waals surface area contributed by atoms with Crippen molar-refractivity contribution < 1.29 is 28.6 Å². The molecule has 0 saturated carbocycles. The summed E-state index contributed by atoms with van der Waals surface area (Å²) in [4.78, 5) is 38.3. The topological polar surface area (TPSA) is 78.9 Å². The van der Waals surface area contributed by atoms with Gasteiger partial charge in [0.25, 0.3) is 0 Å². The summed E-state index contributed by atoms with van der Waals surface area (Å²) in [5.74, 6) is -0.958. The van der Waals surface area contributed by atoms with E-state index in [1.165, 1.54) is 64.2 Å². The van der Waals surface area contributed by atoms with Gasteiger partial charge in [-0.1, -0.05) is 256 Å². The fraction of sp³-hybridized carbons (Fsp3) is 0.603. The lowest BCUT2D eigenvalue weighted by atomic mass is 10.1. The maximum absolute atomic E-state index is 12.9. The Bertz CT molecular complexity index is 1780. The average Bonchev–Trinajstić information content (AvgIpc) is 3.45. The molecule has 0 aliphatic heterocycles.